The van der Waals surface area contributed by atoms with Crippen molar-refractivity contribution < 1.29 is 14.3 Å². The van der Waals surface area contributed by atoms with Crippen LogP contribution in [0.2, 0.25) is 0 Å². The van der Waals surface area contributed by atoms with Crippen LogP contribution in [0.15, 0.2) is 79.0 Å². The van der Waals surface area contributed by atoms with Crippen LogP contribution in [0.4, 0.5) is 0 Å². The van der Waals surface area contributed by atoms with E-state index in [9.17, 15) is 9.59 Å². The van der Waals surface area contributed by atoms with Gasteiger partial charge in [-0.05, 0) is 61.6 Å². The first-order valence-electron chi connectivity index (χ1n) is 12.9. The highest BCUT2D eigenvalue weighted by Gasteiger charge is 2.33. The van der Waals surface area contributed by atoms with Gasteiger partial charge in [-0.25, -0.2) is 0 Å². The SMILES string of the molecule is CCOc1ccc([C@@H](C(=O)NC2CCCCC2)N(CCc2ccccc2)C(=O)c2ccccn2)cc1. The van der Waals surface area contributed by atoms with Crippen molar-refractivity contribution in [2.45, 2.75) is 57.5 Å². The summed E-state index contributed by atoms with van der Waals surface area (Å²) in [6.45, 7) is 2.88. The van der Waals surface area contributed by atoms with Crippen LogP contribution in [-0.4, -0.2) is 40.9 Å². The summed E-state index contributed by atoms with van der Waals surface area (Å²) in [6, 6.07) is 22.2. The monoisotopic (exact) mass is 485 g/mol. The van der Waals surface area contributed by atoms with E-state index in [2.05, 4.69) is 10.3 Å². The number of hydrogen-bond donors (Lipinski definition) is 1. The molecule has 0 radical (unpaired) electrons. The van der Waals surface area contributed by atoms with Gasteiger partial charge in [0.15, 0.2) is 0 Å². The third kappa shape index (κ3) is 6.72. The predicted octanol–water partition coefficient (Wildman–Crippen LogP) is 5.36. The number of carbonyl (C=O) groups is 2. The number of nitrogens with zero attached hydrogens (tertiary/aromatic N) is 2. The molecule has 0 aliphatic heterocycles. The number of hydrogen-bond acceptors (Lipinski definition) is 4. The van der Waals surface area contributed by atoms with Crippen molar-refractivity contribution in [1.82, 2.24) is 15.2 Å². The second kappa shape index (κ2) is 12.9. The van der Waals surface area contributed by atoms with Gasteiger partial charge in [0.25, 0.3) is 5.91 Å². The molecule has 1 fully saturated rings. The lowest BCUT2D eigenvalue weighted by atomic mass is 9.94. The van der Waals surface area contributed by atoms with E-state index in [0.29, 0.717) is 25.3 Å². The maximum Gasteiger partial charge on any atom is 0.273 e. The normalized spacial score (nSPS) is 14.6. The highest BCUT2D eigenvalue weighted by atomic mass is 16.5. The molecule has 0 saturated heterocycles. The molecule has 0 unspecified atom stereocenters. The van der Waals surface area contributed by atoms with Gasteiger partial charge >= 0.3 is 0 Å². The molecule has 1 atom stereocenters. The molecular formula is C30H35N3O3. The summed E-state index contributed by atoms with van der Waals surface area (Å²) >= 11 is 0. The third-order valence-electron chi connectivity index (χ3n) is 6.65. The number of amides is 2. The Bertz CT molecular complexity index is 1100. The first-order chi connectivity index (χ1) is 17.7. The summed E-state index contributed by atoms with van der Waals surface area (Å²) in [6.07, 6.45) is 7.61. The van der Waals surface area contributed by atoms with Crippen LogP contribution in [0.5, 0.6) is 5.75 Å². The lowest BCUT2D eigenvalue weighted by Crippen LogP contribution is -2.47. The average molecular weight is 486 g/mol. The Morgan fingerprint density at radius 3 is 2.36 bits per heavy atom. The molecule has 2 aromatic carbocycles. The fourth-order valence-corrected chi connectivity index (χ4v) is 4.79. The third-order valence-corrected chi connectivity index (χ3v) is 6.65. The number of carbonyl (C=O) groups excluding carboxylic acids is 2. The molecule has 1 aromatic heterocycles. The van der Waals surface area contributed by atoms with Gasteiger partial charge in [-0.1, -0.05) is 67.8 Å². The van der Waals surface area contributed by atoms with Gasteiger partial charge in [-0.3, -0.25) is 14.6 Å². The predicted molar refractivity (Wildman–Crippen MR) is 141 cm³/mol. The smallest absolute Gasteiger partial charge is 0.273 e. The summed E-state index contributed by atoms with van der Waals surface area (Å²) in [5.41, 5.74) is 2.19. The molecule has 1 heterocycles. The standard InChI is InChI=1S/C30H35N3O3/c1-2-36-26-18-16-24(17-19-26)28(29(34)32-25-13-7-4-8-14-25)33(22-20-23-11-5-3-6-12-23)30(35)27-15-9-10-21-31-27/h3,5-6,9-12,15-19,21,25,28H,2,4,7-8,13-14,20,22H2,1H3,(H,32,34)/t28-/m0/s1. The molecule has 6 heteroatoms. The van der Waals surface area contributed by atoms with E-state index in [1.807, 2.05) is 61.5 Å². The lowest BCUT2D eigenvalue weighted by molar-refractivity contribution is -0.126. The quantitative estimate of drug-likeness (QED) is 0.420. The van der Waals surface area contributed by atoms with E-state index >= 15 is 0 Å². The van der Waals surface area contributed by atoms with Crippen molar-refractivity contribution in [3.63, 3.8) is 0 Å². The first-order valence-corrected chi connectivity index (χ1v) is 12.9. The van der Waals surface area contributed by atoms with Crippen LogP contribution in [0.25, 0.3) is 0 Å². The molecule has 0 bridgehead atoms. The van der Waals surface area contributed by atoms with Crippen molar-refractivity contribution in [2.24, 2.45) is 0 Å². The Labute approximate surface area is 213 Å². The number of pyridine rings is 1. The highest BCUT2D eigenvalue weighted by molar-refractivity contribution is 5.96. The van der Waals surface area contributed by atoms with Gasteiger partial charge in [0.1, 0.15) is 17.5 Å². The van der Waals surface area contributed by atoms with Gasteiger partial charge in [0.2, 0.25) is 5.91 Å². The second-order valence-corrected chi connectivity index (χ2v) is 9.20. The highest BCUT2D eigenvalue weighted by Crippen LogP contribution is 2.27. The minimum Gasteiger partial charge on any atom is -0.494 e. The molecule has 3 aromatic rings. The first kappa shape index (κ1) is 25.4. The molecule has 2 amide bonds. The van der Waals surface area contributed by atoms with E-state index in [1.165, 1.54) is 6.42 Å². The van der Waals surface area contributed by atoms with Crippen molar-refractivity contribution in [3.8, 4) is 5.75 Å². The van der Waals surface area contributed by atoms with Gasteiger partial charge < -0.3 is 15.0 Å². The largest absolute Gasteiger partial charge is 0.494 e. The zero-order valence-corrected chi connectivity index (χ0v) is 20.9. The van der Waals surface area contributed by atoms with E-state index in [0.717, 1.165) is 42.6 Å². The summed E-state index contributed by atoms with van der Waals surface area (Å²) < 4.78 is 5.61. The van der Waals surface area contributed by atoms with E-state index in [-0.39, 0.29) is 17.9 Å². The topological polar surface area (TPSA) is 71.5 Å². The average Bonchev–Trinajstić information content (AvgIpc) is 2.93. The molecule has 188 valence electrons. The van der Waals surface area contributed by atoms with E-state index in [1.54, 1.807) is 29.3 Å². The van der Waals surface area contributed by atoms with Crippen LogP contribution in [0.3, 0.4) is 0 Å². The zero-order valence-electron chi connectivity index (χ0n) is 20.9. The van der Waals surface area contributed by atoms with Crippen molar-refractivity contribution in [3.05, 3.63) is 95.8 Å². The minimum atomic E-state index is -0.777. The number of rotatable bonds is 10. The van der Waals surface area contributed by atoms with E-state index < -0.39 is 6.04 Å². The summed E-state index contributed by atoms with van der Waals surface area (Å²) in [4.78, 5) is 33.6. The molecule has 4 rings (SSSR count). The van der Waals surface area contributed by atoms with Gasteiger partial charge in [0.05, 0.1) is 6.61 Å². The van der Waals surface area contributed by atoms with Gasteiger partial charge in [-0.2, -0.15) is 0 Å². The van der Waals surface area contributed by atoms with Gasteiger partial charge in [-0.15, -0.1) is 0 Å². The van der Waals surface area contributed by atoms with Crippen LogP contribution < -0.4 is 10.1 Å². The summed E-state index contributed by atoms with van der Waals surface area (Å²) in [7, 11) is 0. The zero-order chi connectivity index (χ0) is 25.2. The Morgan fingerprint density at radius 2 is 1.69 bits per heavy atom. The summed E-state index contributed by atoms with van der Waals surface area (Å²) in [5.74, 6) is 0.326. The van der Waals surface area contributed by atoms with Crippen molar-refractivity contribution in [1.29, 1.82) is 0 Å². The molecule has 6 nitrogen and oxygen atoms in total. The molecular weight excluding hydrogens is 450 g/mol. The Kier molecular flexibility index (Phi) is 9.09. The maximum absolute atomic E-state index is 13.9. The van der Waals surface area contributed by atoms with Gasteiger partial charge in [0, 0.05) is 18.8 Å². The fourth-order valence-electron chi connectivity index (χ4n) is 4.79. The van der Waals surface area contributed by atoms with Crippen molar-refractivity contribution >= 4 is 11.8 Å². The summed E-state index contributed by atoms with van der Waals surface area (Å²) in [5, 5.41) is 3.26. The number of ether oxygens (including phenoxy) is 1. The number of nitrogens with one attached hydrogen (secondary N) is 1. The number of aromatic nitrogens is 1. The Morgan fingerprint density at radius 1 is 0.972 bits per heavy atom. The maximum atomic E-state index is 13.9. The lowest BCUT2D eigenvalue weighted by Gasteiger charge is -2.33. The van der Waals surface area contributed by atoms with Crippen molar-refractivity contribution in [2.75, 3.05) is 13.2 Å². The molecule has 1 saturated carbocycles. The fraction of sp³-hybridized carbons (Fsp3) is 0.367. The van der Waals surface area contributed by atoms with Crippen LogP contribution >= 0.6 is 0 Å². The Hall–Kier alpha value is -3.67. The molecule has 1 N–H and O–H groups in total. The molecule has 1 aliphatic carbocycles. The number of benzene rings is 2. The van der Waals surface area contributed by atoms with Crippen LogP contribution in [-0.2, 0) is 11.2 Å². The van der Waals surface area contributed by atoms with Crippen LogP contribution in [0, 0.1) is 0 Å². The van der Waals surface area contributed by atoms with E-state index in [4.69, 9.17) is 4.74 Å². The van der Waals surface area contributed by atoms with Crippen LogP contribution in [0.1, 0.15) is 66.7 Å². The molecule has 0 spiro atoms. The molecule has 36 heavy (non-hydrogen) atoms. The molecule has 1 aliphatic rings. The Balaban J connectivity index is 1.68. The minimum absolute atomic E-state index is 0.136. The second-order valence-electron chi connectivity index (χ2n) is 9.20.